The first kappa shape index (κ1) is 64.9. The van der Waals surface area contributed by atoms with Crippen molar-refractivity contribution in [3.63, 3.8) is 0 Å². The monoisotopic (exact) mass is 1290 g/mol. The van der Waals surface area contributed by atoms with Gasteiger partial charge in [-0.2, -0.15) is 13.5 Å². The Morgan fingerprint density at radius 2 is 1.64 bits per heavy atom. The van der Waals surface area contributed by atoms with Gasteiger partial charge in [0.1, 0.15) is 12.4 Å². The quantitative estimate of drug-likeness (QED) is 0.0182. The maximum atomic E-state index is 13.8. The van der Waals surface area contributed by atoms with Crippen LogP contribution in [-0.4, -0.2) is 147 Å². The van der Waals surface area contributed by atoms with Crippen molar-refractivity contribution >= 4 is 96.0 Å². The van der Waals surface area contributed by atoms with Gasteiger partial charge in [0.2, 0.25) is 11.8 Å². The van der Waals surface area contributed by atoms with E-state index in [4.69, 9.17) is 19.6 Å². The Morgan fingerprint density at radius 1 is 0.859 bits per heavy atom. The summed E-state index contributed by atoms with van der Waals surface area (Å²) >= 11 is 1.41. The van der Waals surface area contributed by atoms with E-state index in [9.17, 15) is 51.6 Å². The third-order valence-corrected chi connectivity index (χ3v) is 19.8. The fourth-order valence-corrected chi connectivity index (χ4v) is 16.7. The maximum Gasteiger partial charge on any atom is 0.410 e. The highest BCUT2D eigenvalue weighted by atomic mass is 32.2. The average molecular weight is 1290 g/mol. The zero-order valence-corrected chi connectivity index (χ0v) is 53.3. The number of pyridine rings is 1. The lowest BCUT2D eigenvalue weighted by atomic mass is 9.39. The van der Waals surface area contributed by atoms with Gasteiger partial charge in [0.05, 0.1) is 34.4 Å². The van der Waals surface area contributed by atoms with Crippen molar-refractivity contribution in [3.8, 4) is 11.1 Å². The van der Waals surface area contributed by atoms with Crippen LogP contribution in [0.25, 0.3) is 27.4 Å². The lowest BCUT2D eigenvalue weighted by Gasteiger charge is -2.69. The third kappa shape index (κ3) is 15.3. The minimum Gasteiger partial charge on any atom is -0.476 e. The first-order valence-electron chi connectivity index (χ1n) is 31.0. The van der Waals surface area contributed by atoms with Crippen LogP contribution >= 0.6 is 11.3 Å². The SMILES string of the molecule is Cc1c(-c2ccc(N3CCc4cccc(C(=O)Nc5nc6ccccc6s5)c4C3)nc2C(=O)O)cnn1CC12CC3(C)CC(C)(C1)CC(OCCN(CCS(=O)(=O)O)C(=O)OC/C=C/c1cc[c]c(NC(=O)CCNC(=O)CCCCCN4C(=O)C=CC4=O)c1)(C3)C2. The number of carboxylic acid groups (broad SMARTS) is 1. The van der Waals surface area contributed by atoms with E-state index in [1.165, 1.54) is 33.3 Å². The molecule has 3 aromatic heterocycles. The number of hydrogen-bond donors (Lipinski definition) is 5. The Balaban J connectivity index is 0.681. The molecule has 4 saturated carbocycles. The Kier molecular flexibility index (Phi) is 19.0. The van der Waals surface area contributed by atoms with Gasteiger partial charge in [-0.1, -0.05) is 74.1 Å². The van der Waals surface area contributed by atoms with Gasteiger partial charge < -0.3 is 35.0 Å². The number of carbonyl (C=O) groups is 7. The van der Waals surface area contributed by atoms with Crippen LogP contribution in [0.1, 0.15) is 128 Å². The molecule has 0 spiro atoms. The molecule has 6 amide bonds. The molecule has 4 aliphatic carbocycles. The number of para-hydroxylation sites is 1. The van der Waals surface area contributed by atoms with Gasteiger partial charge in [0.15, 0.2) is 10.8 Å². The first-order chi connectivity index (χ1) is 43.9. The van der Waals surface area contributed by atoms with Crippen LogP contribution in [0.3, 0.4) is 0 Å². The molecule has 6 aliphatic rings. The first-order valence-corrected chi connectivity index (χ1v) is 33.5. The maximum absolute atomic E-state index is 13.8. The number of nitrogens with zero attached hydrogens (tertiary/aromatic N) is 7. The number of anilines is 3. The topological polar surface area (TPSA) is 302 Å². The zero-order valence-electron chi connectivity index (χ0n) is 51.7. The standard InChI is InChI=1S/C67H75N10O13S2/c1-44-50(48-20-21-54(72-59(48)61(83)84)75-28-25-46-14-10-16-49(51(46)36-75)60(82)73-62-71-52-17-6-7-18-53(52)91-62)35-69-77(44)43-66-38-64(2)37-65(3,39-66)41-67(40-64,42-66)90-32-29-74(30-33-92(86,87)88)63(85)89-31-11-13-45-12-9-15-47(34-45)70-56(79)24-26-68-55(78)19-5-4-8-27-76-57(80)22-23-58(76)81/h6-7,9-14,16-18,20-23,34-35H,4-5,8,19,24-33,36-43H2,1-3H3,(H,68,78)(H,70,79)(H,83,84)(H,71,73,82)(H,86,87,88)/b13-11+. The number of rotatable bonds is 27. The molecular weight excluding hydrogens is 1220 g/mol. The van der Waals surface area contributed by atoms with E-state index in [2.05, 4.69) is 40.8 Å². The number of benzene rings is 3. The summed E-state index contributed by atoms with van der Waals surface area (Å²) in [5, 5.41) is 24.6. The van der Waals surface area contributed by atoms with Crippen molar-refractivity contribution in [3.05, 3.63) is 137 Å². The van der Waals surface area contributed by atoms with Crippen molar-refractivity contribution < 1.29 is 61.1 Å². The molecule has 3 aromatic carbocycles. The van der Waals surface area contributed by atoms with Gasteiger partial charge >= 0.3 is 12.1 Å². The van der Waals surface area contributed by atoms with Crippen LogP contribution in [0.2, 0.25) is 0 Å². The number of amides is 6. The van der Waals surface area contributed by atoms with Crippen molar-refractivity contribution in [1.82, 2.24) is 34.9 Å². The molecule has 1 radical (unpaired) electrons. The molecule has 2 unspecified atom stereocenters. The highest BCUT2D eigenvalue weighted by Crippen LogP contribution is 2.72. The summed E-state index contributed by atoms with van der Waals surface area (Å²) in [5.41, 5.74) is 5.05. The molecule has 12 rings (SSSR count). The lowest BCUT2D eigenvalue weighted by molar-refractivity contribution is -0.248. The molecule has 6 aromatic rings. The van der Waals surface area contributed by atoms with Gasteiger partial charge in [-0.15, -0.1) is 0 Å². The second kappa shape index (κ2) is 26.9. The minimum atomic E-state index is -4.45. The fourth-order valence-electron chi connectivity index (χ4n) is 15.4. The molecule has 5 N–H and O–H groups in total. The van der Waals surface area contributed by atoms with E-state index >= 15 is 0 Å². The highest BCUT2D eigenvalue weighted by Gasteiger charge is 2.66. The summed E-state index contributed by atoms with van der Waals surface area (Å²) in [6, 6.07) is 25.0. The number of aromatic carboxylic acids is 1. The van der Waals surface area contributed by atoms with Crippen molar-refractivity contribution in [1.29, 1.82) is 0 Å². The molecule has 5 heterocycles. The number of thiazole rings is 1. The average Bonchev–Trinajstić information content (AvgIpc) is 0.728. The second-order valence-corrected chi connectivity index (χ2v) is 28.5. The van der Waals surface area contributed by atoms with Crippen LogP contribution in [0, 0.1) is 29.2 Å². The number of nitrogens with one attached hydrogen (secondary N) is 3. The predicted molar refractivity (Wildman–Crippen MR) is 345 cm³/mol. The zero-order chi connectivity index (χ0) is 65.0. The largest absolute Gasteiger partial charge is 0.476 e. The minimum absolute atomic E-state index is 0.0117. The van der Waals surface area contributed by atoms with Gasteiger partial charge in [0.25, 0.3) is 27.8 Å². The van der Waals surface area contributed by atoms with Crippen LogP contribution < -0.4 is 20.9 Å². The summed E-state index contributed by atoms with van der Waals surface area (Å²) in [4.78, 5) is 103. The van der Waals surface area contributed by atoms with Crippen molar-refractivity contribution in [2.45, 2.75) is 117 Å². The number of carboxylic acids is 1. The Labute approximate surface area is 537 Å². The lowest BCUT2D eigenvalue weighted by Crippen LogP contribution is -2.64. The summed E-state index contributed by atoms with van der Waals surface area (Å²) in [6.07, 6.45) is 14.5. The number of fused-ring (bicyclic) bond motifs is 2. The molecule has 23 nitrogen and oxygen atoms in total. The van der Waals surface area contributed by atoms with Crippen molar-refractivity contribution in [2.24, 2.45) is 16.2 Å². The summed E-state index contributed by atoms with van der Waals surface area (Å²) in [6.45, 7) is 8.00. The van der Waals surface area contributed by atoms with Crippen molar-refractivity contribution in [2.75, 3.05) is 67.2 Å². The molecule has 483 valence electrons. The van der Waals surface area contributed by atoms with E-state index < -0.39 is 33.5 Å². The Hall–Kier alpha value is -8.65. The second-order valence-electron chi connectivity index (χ2n) is 25.8. The van der Waals surface area contributed by atoms with Crippen LogP contribution in [0.15, 0.2) is 97.2 Å². The number of ether oxygens (including phenoxy) is 2. The van der Waals surface area contributed by atoms with Gasteiger partial charge in [-0.25, -0.2) is 19.6 Å². The Bertz CT molecular complexity index is 3980. The molecule has 25 heteroatoms. The van der Waals surface area contributed by atoms with Gasteiger partial charge in [0, 0.05) is 105 Å². The summed E-state index contributed by atoms with van der Waals surface area (Å²) < 4.78 is 49.1. The number of aromatic nitrogens is 4. The number of unbranched alkanes of at least 4 members (excludes halogenated alkanes) is 2. The molecule has 2 aliphatic heterocycles. The third-order valence-electron chi connectivity index (χ3n) is 18.2. The van der Waals surface area contributed by atoms with Gasteiger partial charge in [-0.3, -0.25) is 43.4 Å². The Morgan fingerprint density at radius 3 is 2.40 bits per heavy atom. The van der Waals surface area contributed by atoms with E-state index in [0.717, 1.165) is 59.1 Å². The van der Waals surface area contributed by atoms with Crippen LogP contribution in [0.4, 0.5) is 21.4 Å². The summed E-state index contributed by atoms with van der Waals surface area (Å²) in [5.74, 6) is -2.90. The van der Waals surface area contributed by atoms with E-state index in [0.29, 0.717) is 97.2 Å². The van der Waals surface area contributed by atoms with Crippen LogP contribution in [0.5, 0.6) is 0 Å². The molecule has 2 atom stereocenters. The predicted octanol–water partition coefficient (Wildman–Crippen LogP) is 9.28. The number of imide groups is 1. The van der Waals surface area contributed by atoms with E-state index in [1.807, 2.05) is 59.0 Å². The molecule has 92 heavy (non-hydrogen) atoms. The molecule has 0 saturated heterocycles. The van der Waals surface area contributed by atoms with E-state index in [-0.39, 0.29) is 97.2 Å². The number of hydrogen-bond acceptors (Lipinski definition) is 16. The summed E-state index contributed by atoms with van der Waals surface area (Å²) in [7, 11) is -4.45. The normalized spacial score (nSPS) is 21.5. The number of carbonyl (C=O) groups excluding carboxylic acids is 6. The van der Waals surface area contributed by atoms with E-state index in [1.54, 1.807) is 48.7 Å². The smallest absolute Gasteiger partial charge is 0.410 e. The fraction of sp³-hybridized carbons (Fsp3) is 0.433. The highest BCUT2D eigenvalue weighted by molar-refractivity contribution is 7.85. The molecule has 4 fully saturated rings. The molecule has 4 bridgehead atoms. The van der Waals surface area contributed by atoms with Gasteiger partial charge in [-0.05, 0) is 140 Å². The molecular formula is C67H75N10O13S2. The van der Waals surface area contributed by atoms with Crippen LogP contribution in [-0.2, 0) is 58.3 Å².